The van der Waals surface area contributed by atoms with Crippen molar-refractivity contribution in [1.29, 1.82) is 0 Å². The van der Waals surface area contributed by atoms with E-state index in [0.29, 0.717) is 17.4 Å². The van der Waals surface area contributed by atoms with Gasteiger partial charge in [-0.15, -0.1) is 0 Å². The molecule has 0 aromatic heterocycles. The maximum absolute atomic E-state index is 12.9. The first kappa shape index (κ1) is 56.5. The molecule has 0 bridgehead atoms. The number of nitrogens with zero attached hydrogens (tertiary/aromatic N) is 1. The Labute approximate surface area is 353 Å². The molecule has 0 saturated carbocycles. The largest absolute Gasteiger partial charge is 0.756 e. The third kappa shape index (κ3) is 40.6. The van der Waals surface area contributed by atoms with Crippen LogP contribution < -0.4 is 10.2 Å². The quantitative estimate of drug-likeness (QED) is 0.0317. The Hall–Kier alpha value is -0.540. The number of rotatable bonds is 44. The highest BCUT2D eigenvalue weighted by molar-refractivity contribution is 7.45. The zero-order valence-electron chi connectivity index (χ0n) is 38.6. The van der Waals surface area contributed by atoms with Gasteiger partial charge in [0.1, 0.15) is 19.3 Å². The van der Waals surface area contributed by atoms with Crippen LogP contribution in [0.5, 0.6) is 0 Å². The lowest BCUT2D eigenvalue weighted by Crippen LogP contribution is -2.51. The molecule has 10 heteroatoms. The number of quaternary nitrogens is 1. The van der Waals surface area contributed by atoms with E-state index in [1.165, 1.54) is 161 Å². The standard InChI is InChI=1S/C47H97N2O7P/c1-7-8-9-10-11-12-13-14-15-16-17-18-19-20-21-22-23-24-25-30-33-36-39-46(51)48-44(42-56-57(53,54)55-41-40-49(4,5)6)47(52)45(50)38-35-32-29-27-26-28-31-34-37-43(2)3/h43-45,47,50,52H,7-42H2,1-6H3,(H-,48,51,53,54)/t44-,45+,47-/m0/s1. The van der Waals surface area contributed by atoms with Gasteiger partial charge >= 0.3 is 0 Å². The van der Waals surface area contributed by atoms with E-state index in [0.717, 1.165) is 44.4 Å². The molecule has 0 aliphatic rings. The van der Waals surface area contributed by atoms with Gasteiger partial charge in [-0.2, -0.15) is 0 Å². The number of nitrogens with one attached hydrogen (secondary N) is 1. The lowest BCUT2D eigenvalue weighted by molar-refractivity contribution is -0.870. The van der Waals surface area contributed by atoms with Crippen LogP contribution >= 0.6 is 7.82 Å². The number of phosphoric ester groups is 1. The number of carbonyl (C=O) groups excluding carboxylic acids is 1. The Bertz CT molecular complexity index is 932. The number of hydrogen-bond donors (Lipinski definition) is 3. The number of aliphatic hydroxyl groups is 2. The van der Waals surface area contributed by atoms with Crippen molar-refractivity contribution in [2.75, 3.05) is 40.9 Å². The summed E-state index contributed by atoms with van der Waals surface area (Å²) >= 11 is 0. The Morgan fingerprint density at radius 1 is 0.596 bits per heavy atom. The first-order chi connectivity index (χ1) is 27.3. The fourth-order valence-corrected chi connectivity index (χ4v) is 8.16. The van der Waals surface area contributed by atoms with E-state index in [1.807, 2.05) is 21.1 Å². The van der Waals surface area contributed by atoms with Crippen LogP contribution in [0.4, 0.5) is 0 Å². The molecular weight excluding hydrogens is 735 g/mol. The molecule has 1 amide bonds. The minimum absolute atomic E-state index is 0.0378. The average molecular weight is 833 g/mol. The third-order valence-corrected chi connectivity index (χ3v) is 12.3. The van der Waals surface area contributed by atoms with Crippen LogP contribution in [0, 0.1) is 5.92 Å². The van der Waals surface area contributed by atoms with Crippen LogP contribution in [0.25, 0.3) is 0 Å². The van der Waals surface area contributed by atoms with Gasteiger partial charge in [0.15, 0.2) is 0 Å². The molecule has 9 nitrogen and oxygen atoms in total. The first-order valence-electron chi connectivity index (χ1n) is 24.3. The van der Waals surface area contributed by atoms with E-state index in [2.05, 4.69) is 26.1 Å². The fraction of sp³-hybridized carbons (Fsp3) is 0.979. The molecule has 0 rings (SSSR count). The molecule has 3 N–H and O–H groups in total. The maximum Gasteiger partial charge on any atom is 0.268 e. The fourth-order valence-electron chi connectivity index (χ4n) is 7.44. The second-order valence-electron chi connectivity index (χ2n) is 18.8. The molecule has 0 saturated heterocycles. The zero-order chi connectivity index (χ0) is 42.5. The molecule has 0 heterocycles. The van der Waals surface area contributed by atoms with Gasteiger partial charge in [0.05, 0.1) is 39.9 Å². The normalized spacial score (nSPS) is 14.8. The number of carbonyl (C=O) groups is 1. The zero-order valence-corrected chi connectivity index (χ0v) is 39.5. The number of amides is 1. The Kier molecular flexibility index (Phi) is 38.0. The van der Waals surface area contributed by atoms with Crippen molar-refractivity contribution in [3.8, 4) is 0 Å². The van der Waals surface area contributed by atoms with Crippen molar-refractivity contribution < 1.29 is 38.0 Å². The van der Waals surface area contributed by atoms with Gasteiger partial charge in [-0.05, 0) is 18.8 Å². The lowest BCUT2D eigenvalue weighted by Gasteiger charge is -2.31. The lowest BCUT2D eigenvalue weighted by atomic mass is 9.99. The van der Waals surface area contributed by atoms with Crippen molar-refractivity contribution in [2.45, 2.75) is 251 Å². The van der Waals surface area contributed by atoms with E-state index < -0.39 is 32.7 Å². The van der Waals surface area contributed by atoms with Crippen LogP contribution in [0.2, 0.25) is 0 Å². The number of phosphoric acid groups is 1. The smallest absolute Gasteiger partial charge is 0.268 e. The third-order valence-electron chi connectivity index (χ3n) is 11.4. The summed E-state index contributed by atoms with van der Waals surface area (Å²) in [4.78, 5) is 25.4. The van der Waals surface area contributed by atoms with Crippen LogP contribution in [0.1, 0.15) is 233 Å². The molecule has 0 spiro atoms. The van der Waals surface area contributed by atoms with E-state index in [-0.39, 0.29) is 18.9 Å². The van der Waals surface area contributed by atoms with Crippen molar-refractivity contribution in [3.05, 3.63) is 0 Å². The Morgan fingerprint density at radius 3 is 1.35 bits per heavy atom. The molecule has 0 radical (unpaired) electrons. The molecular formula is C47H97N2O7P. The highest BCUT2D eigenvalue weighted by Crippen LogP contribution is 2.38. The summed E-state index contributed by atoms with van der Waals surface area (Å²) in [6.45, 7) is 6.75. The summed E-state index contributed by atoms with van der Waals surface area (Å²) in [5, 5.41) is 24.6. The van der Waals surface area contributed by atoms with Gasteiger partial charge in [0.2, 0.25) is 5.91 Å². The Morgan fingerprint density at radius 2 is 0.965 bits per heavy atom. The minimum Gasteiger partial charge on any atom is -0.756 e. The average Bonchev–Trinajstić information content (AvgIpc) is 3.15. The van der Waals surface area contributed by atoms with Gasteiger partial charge < -0.3 is 34.0 Å². The first-order valence-corrected chi connectivity index (χ1v) is 25.8. The summed E-state index contributed by atoms with van der Waals surface area (Å²) in [5.41, 5.74) is 0. The predicted molar refractivity (Wildman–Crippen MR) is 239 cm³/mol. The van der Waals surface area contributed by atoms with Crippen molar-refractivity contribution in [3.63, 3.8) is 0 Å². The van der Waals surface area contributed by atoms with E-state index >= 15 is 0 Å². The summed E-state index contributed by atoms with van der Waals surface area (Å²) in [6.07, 6.45) is 37.3. The topological polar surface area (TPSA) is 128 Å². The maximum atomic E-state index is 12.9. The van der Waals surface area contributed by atoms with Crippen LogP contribution in [-0.4, -0.2) is 79.8 Å². The van der Waals surface area contributed by atoms with Crippen LogP contribution in [0.15, 0.2) is 0 Å². The molecule has 0 fully saturated rings. The van der Waals surface area contributed by atoms with Gasteiger partial charge in [0, 0.05) is 6.42 Å². The molecule has 0 aromatic carbocycles. The molecule has 1 unspecified atom stereocenters. The van der Waals surface area contributed by atoms with E-state index in [9.17, 15) is 24.5 Å². The number of aliphatic hydroxyl groups excluding tert-OH is 2. The van der Waals surface area contributed by atoms with Gasteiger partial charge in [-0.3, -0.25) is 9.36 Å². The molecule has 0 aromatic rings. The molecule has 0 aliphatic heterocycles. The monoisotopic (exact) mass is 833 g/mol. The van der Waals surface area contributed by atoms with Gasteiger partial charge in [0.25, 0.3) is 7.82 Å². The molecule has 342 valence electrons. The second-order valence-corrected chi connectivity index (χ2v) is 20.2. The Balaban J connectivity index is 4.29. The number of hydrogen-bond acceptors (Lipinski definition) is 7. The molecule has 57 heavy (non-hydrogen) atoms. The summed E-state index contributed by atoms with van der Waals surface area (Å²) in [7, 11) is 1.13. The predicted octanol–water partition coefficient (Wildman–Crippen LogP) is 11.9. The summed E-state index contributed by atoms with van der Waals surface area (Å²) in [5.74, 6) is 0.494. The minimum atomic E-state index is -4.66. The number of unbranched alkanes of at least 4 members (excludes halogenated alkanes) is 28. The second kappa shape index (κ2) is 38.4. The number of likely N-dealkylation sites (N-methyl/N-ethyl adjacent to an activating group) is 1. The van der Waals surface area contributed by atoms with Crippen molar-refractivity contribution in [1.82, 2.24) is 5.32 Å². The summed E-state index contributed by atoms with van der Waals surface area (Å²) < 4.78 is 23.2. The van der Waals surface area contributed by atoms with Crippen molar-refractivity contribution >= 4 is 13.7 Å². The van der Waals surface area contributed by atoms with E-state index in [1.54, 1.807) is 0 Å². The van der Waals surface area contributed by atoms with E-state index in [4.69, 9.17) is 9.05 Å². The highest BCUT2D eigenvalue weighted by atomic mass is 31.2. The van der Waals surface area contributed by atoms with Crippen molar-refractivity contribution in [2.24, 2.45) is 5.92 Å². The van der Waals surface area contributed by atoms with Crippen LogP contribution in [0.3, 0.4) is 0 Å². The van der Waals surface area contributed by atoms with Gasteiger partial charge in [-0.1, -0.05) is 213 Å². The van der Waals surface area contributed by atoms with Gasteiger partial charge in [-0.25, -0.2) is 0 Å². The summed E-state index contributed by atoms with van der Waals surface area (Å²) in [6, 6.07) is -1.07. The van der Waals surface area contributed by atoms with Crippen LogP contribution in [-0.2, 0) is 18.4 Å². The SMILES string of the molecule is CCCCCCCCCCCCCCCCCCCCCCCCC(=O)N[C@@H](COP(=O)([O-])OCC[N+](C)(C)C)[C@H](O)[C@H](O)CCCCCCCCCCC(C)C. The molecule has 0 aliphatic carbocycles. The highest BCUT2D eigenvalue weighted by Gasteiger charge is 2.29. The molecule has 4 atom stereocenters.